The second kappa shape index (κ2) is 12.9. The number of benzene rings is 3. The van der Waals surface area contributed by atoms with Crippen molar-refractivity contribution in [3.8, 4) is 5.75 Å². The number of aromatic nitrogens is 1. The molecule has 1 aliphatic carbocycles. The van der Waals surface area contributed by atoms with Gasteiger partial charge >= 0.3 is 5.97 Å². The summed E-state index contributed by atoms with van der Waals surface area (Å²) in [6.07, 6.45) is 8.56. The number of pyridine rings is 1. The van der Waals surface area contributed by atoms with Gasteiger partial charge in [-0.2, -0.15) is 0 Å². The summed E-state index contributed by atoms with van der Waals surface area (Å²) in [6, 6.07) is 29.4. The van der Waals surface area contributed by atoms with E-state index in [1.165, 1.54) is 37.7 Å². The maximum Gasteiger partial charge on any atom is 0.342 e. The molecule has 1 aliphatic rings. The second-order valence-corrected chi connectivity index (χ2v) is 9.82. The number of rotatable bonds is 10. The molecular weight excluding hydrogens is 472 g/mol. The molecule has 4 aromatic rings. The molecule has 0 spiro atoms. The van der Waals surface area contributed by atoms with Gasteiger partial charge in [0, 0.05) is 18.0 Å². The van der Waals surface area contributed by atoms with Gasteiger partial charge in [0.15, 0.2) is 0 Å². The monoisotopic (exact) mass is 506 g/mol. The smallest absolute Gasteiger partial charge is 0.342 e. The number of hydrogen-bond acceptors (Lipinski definition) is 5. The van der Waals surface area contributed by atoms with Gasteiger partial charge in [-0.1, -0.05) is 86.0 Å². The van der Waals surface area contributed by atoms with Crippen LogP contribution in [0, 0.1) is 0 Å². The van der Waals surface area contributed by atoms with Gasteiger partial charge in [-0.15, -0.1) is 0 Å². The lowest BCUT2D eigenvalue weighted by atomic mass is 9.85. The molecular formula is C33H34N2O3. The molecule has 0 unspecified atom stereocenters. The van der Waals surface area contributed by atoms with E-state index in [9.17, 15) is 4.79 Å². The first-order valence-corrected chi connectivity index (χ1v) is 13.4. The van der Waals surface area contributed by atoms with Crippen molar-refractivity contribution in [1.82, 2.24) is 4.98 Å². The zero-order chi connectivity index (χ0) is 26.0. The third-order valence-electron chi connectivity index (χ3n) is 7.05. The predicted molar refractivity (Wildman–Crippen MR) is 150 cm³/mol. The Hall–Kier alpha value is -4.12. The molecule has 0 radical (unpaired) electrons. The predicted octanol–water partition coefficient (Wildman–Crippen LogP) is 7.68. The molecule has 1 saturated carbocycles. The summed E-state index contributed by atoms with van der Waals surface area (Å²) in [5, 5.41) is 3.43. The number of carbonyl (C=O) groups is 1. The number of ether oxygens (including phenoxy) is 2. The number of hydrogen-bond donors (Lipinski definition) is 1. The maximum absolute atomic E-state index is 13.0. The fraction of sp³-hybridized carbons (Fsp3) is 0.273. The Morgan fingerprint density at radius 3 is 2.21 bits per heavy atom. The molecule has 1 fully saturated rings. The van der Waals surface area contributed by atoms with Gasteiger partial charge in [0.2, 0.25) is 0 Å². The standard InChI is InChI=1S/C33H34N2O3/c36-33(38-24-26-12-6-2-7-13-26)31-19-18-29(20-32(31)37-23-25-10-4-1-5-11-25)35-22-30-17-16-28(21-34-30)27-14-8-3-9-15-27/h1-2,4-7,10-13,16-21,27,35H,3,8-9,14-15,22-24H2. The van der Waals surface area contributed by atoms with E-state index in [0.29, 0.717) is 30.4 Å². The first-order valence-electron chi connectivity index (χ1n) is 13.4. The van der Waals surface area contributed by atoms with E-state index in [1.807, 2.05) is 79.0 Å². The highest BCUT2D eigenvalue weighted by Crippen LogP contribution is 2.32. The Bertz CT molecular complexity index is 1300. The lowest BCUT2D eigenvalue weighted by molar-refractivity contribution is 0.0467. The van der Waals surface area contributed by atoms with Crippen molar-refractivity contribution in [2.75, 3.05) is 5.32 Å². The van der Waals surface area contributed by atoms with Crippen LogP contribution in [0.1, 0.15) is 70.8 Å². The first-order chi connectivity index (χ1) is 18.7. The Labute approximate surface area is 224 Å². The van der Waals surface area contributed by atoms with Crippen LogP contribution in [0.25, 0.3) is 0 Å². The molecule has 3 aromatic carbocycles. The zero-order valence-electron chi connectivity index (χ0n) is 21.6. The SMILES string of the molecule is O=C(OCc1ccccc1)c1ccc(NCc2ccc(C3CCCCC3)cn2)cc1OCc1ccccc1. The summed E-state index contributed by atoms with van der Waals surface area (Å²) >= 11 is 0. The quantitative estimate of drug-likeness (QED) is 0.224. The fourth-order valence-corrected chi connectivity index (χ4v) is 4.87. The van der Waals surface area contributed by atoms with E-state index in [0.717, 1.165) is 22.5 Å². The molecule has 5 heteroatoms. The van der Waals surface area contributed by atoms with E-state index in [4.69, 9.17) is 14.5 Å². The minimum absolute atomic E-state index is 0.209. The molecule has 0 saturated heterocycles. The van der Waals surface area contributed by atoms with Gasteiger partial charge in [-0.3, -0.25) is 4.98 Å². The third-order valence-corrected chi connectivity index (χ3v) is 7.05. The van der Waals surface area contributed by atoms with Crippen molar-refractivity contribution < 1.29 is 14.3 Å². The van der Waals surface area contributed by atoms with Gasteiger partial charge in [0.25, 0.3) is 0 Å². The highest BCUT2D eigenvalue weighted by atomic mass is 16.5. The van der Waals surface area contributed by atoms with E-state index in [1.54, 1.807) is 6.07 Å². The summed E-state index contributed by atoms with van der Waals surface area (Å²) in [4.78, 5) is 17.7. The van der Waals surface area contributed by atoms with E-state index in [-0.39, 0.29) is 6.61 Å². The summed E-state index contributed by atoms with van der Waals surface area (Å²) in [5.41, 5.74) is 5.54. The molecule has 0 aliphatic heterocycles. The van der Waals surface area contributed by atoms with Crippen LogP contribution < -0.4 is 10.1 Å². The Balaban J connectivity index is 1.26. The highest BCUT2D eigenvalue weighted by Gasteiger charge is 2.17. The largest absolute Gasteiger partial charge is 0.488 e. The highest BCUT2D eigenvalue weighted by molar-refractivity contribution is 5.93. The topological polar surface area (TPSA) is 60.5 Å². The van der Waals surface area contributed by atoms with E-state index >= 15 is 0 Å². The maximum atomic E-state index is 13.0. The minimum atomic E-state index is -0.413. The van der Waals surface area contributed by atoms with Crippen LogP contribution in [-0.4, -0.2) is 11.0 Å². The normalized spacial score (nSPS) is 13.6. The number of esters is 1. The van der Waals surface area contributed by atoms with Crippen LogP contribution in [0.4, 0.5) is 5.69 Å². The molecule has 5 rings (SSSR count). The average Bonchev–Trinajstić information content (AvgIpc) is 2.99. The molecule has 1 heterocycles. The van der Waals surface area contributed by atoms with Gasteiger partial charge < -0.3 is 14.8 Å². The van der Waals surface area contributed by atoms with Crippen molar-refractivity contribution in [3.63, 3.8) is 0 Å². The molecule has 194 valence electrons. The van der Waals surface area contributed by atoms with Crippen LogP contribution in [0.3, 0.4) is 0 Å². The Morgan fingerprint density at radius 1 is 0.816 bits per heavy atom. The fourth-order valence-electron chi connectivity index (χ4n) is 4.87. The van der Waals surface area contributed by atoms with Crippen molar-refractivity contribution in [2.45, 2.75) is 57.8 Å². The zero-order valence-corrected chi connectivity index (χ0v) is 21.6. The molecule has 5 nitrogen and oxygen atoms in total. The Morgan fingerprint density at radius 2 is 1.53 bits per heavy atom. The van der Waals surface area contributed by atoms with Crippen molar-refractivity contribution >= 4 is 11.7 Å². The van der Waals surface area contributed by atoms with Crippen LogP contribution in [0.5, 0.6) is 5.75 Å². The minimum Gasteiger partial charge on any atom is -0.488 e. The van der Waals surface area contributed by atoms with Crippen LogP contribution >= 0.6 is 0 Å². The number of nitrogens with zero attached hydrogens (tertiary/aromatic N) is 1. The average molecular weight is 507 g/mol. The Kier molecular flexibility index (Phi) is 8.67. The number of carbonyl (C=O) groups excluding carboxylic acids is 1. The third kappa shape index (κ3) is 7.00. The number of anilines is 1. The van der Waals surface area contributed by atoms with Crippen LogP contribution in [-0.2, 0) is 24.5 Å². The summed E-state index contributed by atoms with van der Waals surface area (Å²) < 4.78 is 11.7. The van der Waals surface area contributed by atoms with Crippen LogP contribution in [0.15, 0.2) is 97.2 Å². The van der Waals surface area contributed by atoms with E-state index in [2.05, 4.69) is 17.4 Å². The molecule has 0 amide bonds. The lowest BCUT2D eigenvalue weighted by Crippen LogP contribution is -2.10. The molecule has 0 bridgehead atoms. The number of nitrogens with one attached hydrogen (secondary N) is 1. The van der Waals surface area contributed by atoms with Gasteiger partial charge in [-0.25, -0.2) is 4.79 Å². The van der Waals surface area contributed by atoms with Gasteiger partial charge in [-0.05, 0) is 53.6 Å². The van der Waals surface area contributed by atoms with Crippen molar-refractivity contribution in [2.24, 2.45) is 0 Å². The van der Waals surface area contributed by atoms with Crippen LogP contribution in [0.2, 0.25) is 0 Å². The van der Waals surface area contributed by atoms with Gasteiger partial charge in [0.05, 0.1) is 12.2 Å². The molecule has 1 N–H and O–H groups in total. The molecule has 38 heavy (non-hydrogen) atoms. The summed E-state index contributed by atoms with van der Waals surface area (Å²) in [6.45, 7) is 1.15. The first kappa shape index (κ1) is 25.5. The van der Waals surface area contributed by atoms with Crippen molar-refractivity contribution in [1.29, 1.82) is 0 Å². The summed E-state index contributed by atoms with van der Waals surface area (Å²) in [7, 11) is 0. The van der Waals surface area contributed by atoms with E-state index < -0.39 is 5.97 Å². The molecule has 1 aromatic heterocycles. The summed E-state index contributed by atoms with van der Waals surface area (Å²) in [5.74, 6) is 0.720. The van der Waals surface area contributed by atoms with Gasteiger partial charge in [0.1, 0.15) is 24.5 Å². The lowest BCUT2D eigenvalue weighted by Gasteiger charge is -2.21. The second-order valence-electron chi connectivity index (χ2n) is 9.82. The molecule has 0 atom stereocenters. The van der Waals surface area contributed by atoms with Crippen molar-refractivity contribution in [3.05, 3.63) is 125 Å².